The number of hydrogen-bond acceptors (Lipinski definition) is 6. The summed E-state index contributed by atoms with van der Waals surface area (Å²) < 4.78 is 18.0. The molecule has 0 saturated heterocycles. The zero-order valence-corrected chi connectivity index (χ0v) is 18.5. The molecule has 1 aliphatic carbocycles. The number of ether oxygens (including phenoxy) is 2. The maximum absolute atomic E-state index is 12.5. The van der Waals surface area contributed by atoms with Crippen LogP contribution in [0.5, 0.6) is 11.5 Å². The van der Waals surface area contributed by atoms with E-state index in [1.165, 1.54) is 28.7 Å². The molecule has 0 spiro atoms. The van der Waals surface area contributed by atoms with Crippen molar-refractivity contribution in [2.24, 2.45) is 0 Å². The van der Waals surface area contributed by atoms with Gasteiger partial charge in [0.2, 0.25) is 5.91 Å². The van der Waals surface area contributed by atoms with Gasteiger partial charge in [-0.05, 0) is 85.8 Å². The van der Waals surface area contributed by atoms with Crippen molar-refractivity contribution in [1.82, 2.24) is 9.78 Å². The largest absolute Gasteiger partial charge is 0.495 e. The van der Waals surface area contributed by atoms with Gasteiger partial charge in [-0.3, -0.25) is 4.79 Å². The van der Waals surface area contributed by atoms with Gasteiger partial charge in [-0.1, -0.05) is 12.1 Å². The molecule has 1 heterocycles. The molecule has 1 aromatic heterocycles. The second kappa shape index (κ2) is 9.34. The summed E-state index contributed by atoms with van der Waals surface area (Å²) in [6.07, 6.45) is 4.68. The van der Waals surface area contributed by atoms with E-state index in [1.807, 2.05) is 31.2 Å². The summed E-state index contributed by atoms with van der Waals surface area (Å²) in [5.74, 6) is 1.40. The standard InChI is InChI=1S/C23H25N3O4S/c1-15-7-10-20(28-2)19(11-15)24-21(27)13-26-23(31)30-22(25-26)14-29-18-9-8-16-5-3-4-6-17(16)12-18/h7-12H,3-6,13-14H2,1-2H3,(H,24,27). The van der Waals surface area contributed by atoms with Crippen molar-refractivity contribution in [3.63, 3.8) is 0 Å². The van der Waals surface area contributed by atoms with Crippen LogP contribution in [0.4, 0.5) is 5.69 Å². The topological polar surface area (TPSA) is 78.5 Å². The first-order valence-corrected chi connectivity index (χ1v) is 10.7. The fourth-order valence-corrected chi connectivity index (χ4v) is 3.90. The lowest BCUT2D eigenvalue weighted by Crippen LogP contribution is -2.20. The van der Waals surface area contributed by atoms with E-state index in [0.29, 0.717) is 17.3 Å². The lowest BCUT2D eigenvalue weighted by Gasteiger charge is -2.16. The van der Waals surface area contributed by atoms with E-state index in [9.17, 15) is 4.79 Å². The quantitative estimate of drug-likeness (QED) is 0.541. The molecule has 8 heteroatoms. The van der Waals surface area contributed by atoms with Gasteiger partial charge in [0.1, 0.15) is 18.0 Å². The Morgan fingerprint density at radius 1 is 1.19 bits per heavy atom. The van der Waals surface area contributed by atoms with Crippen LogP contribution >= 0.6 is 12.2 Å². The van der Waals surface area contributed by atoms with Gasteiger partial charge in [-0.2, -0.15) is 0 Å². The number of rotatable bonds is 7. The maximum atomic E-state index is 12.5. The zero-order chi connectivity index (χ0) is 21.8. The highest BCUT2D eigenvalue weighted by Crippen LogP contribution is 2.26. The predicted octanol–water partition coefficient (Wildman–Crippen LogP) is 4.62. The van der Waals surface area contributed by atoms with Crippen LogP contribution in [0.2, 0.25) is 0 Å². The van der Waals surface area contributed by atoms with E-state index in [4.69, 9.17) is 26.1 Å². The number of nitrogens with one attached hydrogen (secondary N) is 1. The Hall–Kier alpha value is -3.13. The number of methoxy groups -OCH3 is 1. The normalized spacial score (nSPS) is 12.8. The number of benzene rings is 2. The molecule has 1 N–H and O–H groups in total. The highest BCUT2D eigenvalue weighted by Gasteiger charge is 2.14. The fraction of sp³-hybridized carbons (Fsp3) is 0.348. The Kier molecular flexibility index (Phi) is 6.36. The molecule has 0 radical (unpaired) electrons. The maximum Gasteiger partial charge on any atom is 0.287 e. The number of nitrogens with zero attached hydrogens (tertiary/aromatic N) is 2. The van der Waals surface area contributed by atoms with E-state index in [0.717, 1.165) is 24.2 Å². The van der Waals surface area contributed by atoms with Gasteiger partial charge in [0.15, 0.2) is 6.61 Å². The first kappa shape index (κ1) is 21.1. The van der Waals surface area contributed by atoms with Gasteiger partial charge < -0.3 is 19.2 Å². The third kappa shape index (κ3) is 5.14. The average molecular weight is 440 g/mol. The molecule has 1 amide bonds. The molecule has 7 nitrogen and oxygen atoms in total. The lowest BCUT2D eigenvalue weighted by molar-refractivity contribution is -0.117. The molecule has 1 aliphatic rings. The highest BCUT2D eigenvalue weighted by atomic mass is 32.1. The minimum absolute atomic E-state index is 0.0712. The number of anilines is 1. The number of amides is 1. The van der Waals surface area contributed by atoms with Crippen molar-refractivity contribution in [1.29, 1.82) is 0 Å². The molecule has 0 aliphatic heterocycles. The Bertz CT molecular complexity index is 1150. The lowest BCUT2D eigenvalue weighted by atomic mass is 9.92. The second-order valence-corrected chi connectivity index (χ2v) is 7.95. The molecular weight excluding hydrogens is 414 g/mol. The first-order chi connectivity index (χ1) is 15.0. The molecule has 0 bridgehead atoms. The van der Waals surface area contributed by atoms with Crippen molar-refractivity contribution in [3.05, 3.63) is 63.8 Å². The number of aryl methyl sites for hydroxylation is 3. The van der Waals surface area contributed by atoms with Gasteiger partial charge in [0.05, 0.1) is 12.8 Å². The highest BCUT2D eigenvalue weighted by molar-refractivity contribution is 7.71. The summed E-state index contributed by atoms with van der Waals surface area (Å²) in [6.45, 7) is 2.01. The van der Waals surface area contributed by atoms with Crippen LogP contribution in [-0.2, 0) is 30.8 Å². The molecule has 4 rings (SSSR count). The monoisotopic (exact) mass is 439 g/mol. The molecule has 2 aromatic carbocycles. The molecule has 162 valence electrons. The summed E-state index contributed by atoms with van der Waals surface area (Å²) >= 11 is 5.21. The summed E-state index contributed by atoms with van der Waals surface area (Å²) in [7, 11) is 1.56. The van der Waals surface area contributed by atoms with Crippen molar-refractivity contribution >= 4 is 23.8 Å². The Morgan fingerprint density at radius 3 is 2.81 bits per heavy atom. The number of carbonyl (C=O) groups is 1. The third-order valence-corrected chi connectivity index (χ3v) is 5.55. The van der Waals surface area contributed by atoms with Gasteiger partial charge in [-0.15, -0.1) is 5.10 Å². The molecule has 0 unspecified atom stereocenters. The van der Waals surface area contributed by atoms with Crippen molar-refractivity contribution < 1.29 is 18.7 Å². The van der Waals surface area contributed by atoms with Crippen LogP contribution in [0, 0.1) is 11.8 Å². The van der Waals surface area contributed by atoms with E-state index < -0.39 is 0 Å². The molecule has 0 fully saturated rings. The summed E-state index contributed by atoms with van der Waals surface area (Å²) in [5, 5.41) is 7.11. The van der Waals surface area contributed by atoms with Crippen LogP contribution < -0.4 is 14.8 Å². The van der Waals surface area contributed by atoms with Gasteiger partial charge >= 0.3 is 0 Å². The van der Waals surface area contributed by atoms with Crippen LogP contribution in [0.15, 0.2) is 40.8 Å². The van der Waals surface area contributed by atoms with E-state index >= 15 is 0 Å². The number of aromatic nitrogens is 2. The van der Waals surface area contributed by atoms with E-state index in [2.05, 4.69) is 22.5 Å². The van der Waals surface area contributed by atoms with Crippen LogP contribution in [-0.4, -0.2) is 22.8 Å². The van der Waals surface area contributed by atoms with E-state index in [-0.39, 0.29) is 23.9 Å². The molecule has 0 saturated carbocycles. The summed E-state index contributed by atoms with van der Waals surface area (Å²) in [6, 6.07) is 11.7. The van der Waals surface area contributed by atoms with Crippen LogP contribution in [0.25, 0.3) is 0 Å². The SMILES string of the molecule is COc1ccc(C)cc1NC(=O)Cn1nc(COc2ccc3c(c2)CCCC3)oc1=S. The number of hydrogen-bond donors (Lipinski definition) is 1. The molecular formula is C23H25N3O4S. The third-order valence-electron chi connectivity index (χ3n) is 5.25. The Labute approximate surface area is 186 Å². The van der Waals surface area contributed by atoms with Crippen molar-refractivity contribution in [2.45, 2.75) is 45.8 Å². The van der Waals surface area contributed by atoms with Crippen LogP contribution in [0.3, 0.4) is 0 Å². The average Bonchev–Trinajstić information content (AvgIpc) is 3.11. The Morgan fingerprint density at radius 2 is 2.00 bits per heavy atom. The van der Waals surface area contributed by atoms with Crippen LogP contribution in [0.1, 0.15) is 35.4 Å². The minimum Gasteiger partial charge on any atom is -0.495 e. The molecule has 31 heavy (non-hydrogen) atoms. The van der Waals surface area contributed by atoms with Crippen molar-refractivity contribution in [3.8, 4) is 11.5 Å². The summed E-state index contributed by atoms with van der Waals surface area (Å²) in [4.78, 5) is 12.6. The van der Waals surface area contributed by atoms with Gasteiger partial charge in [0, 0.05) is 0 Å². The fourth-order valence-electron chi connectivity index (χ4n) is 3.70. The minimum atomic E-state index is -0.282. The van der Waals surface area contributed by atoms with Crippen molar-refractivity contribution in [2.75, 3.05) is 12.4 Å². The Balaban J connectivity index is 1.38. The van der Waals surface area contributed by atoms with Gasteiger partial charge in [-0.25, -0.2) is 4.68 Å². The van der Waals surface area contributed by atoms with Gasteiger partial charge in [0.25, 0.3) is 10.7 Å². The number of fused-ring (bicyclic) bond motifs is 1. The van der Waals surface area contributed by atoms with E-state index in [1.54, 1.807) is 7.11 Å². The first-order valence-electron chi connectivity index (χ1n) is 10.3. The number of carbonyl (C=O) groups excluding carboxylic acids is 1. The zero-order valence-electron chi connectivity index (χ0n) is 17.6. The second-order valence-electron chi connectivity index (χ2n) is 7.60. The molecule has 3 aromatic rings. The summed E-state index contributed by atoms with van der Waals surface area (Å²) in [5.41, 5.74) is 4.35. The molecule has 0 atom stereocenters. The smallest absolute Gasteiger partial charge is 0.287 e. The predicted molar refractivity (Wildman–Crippen MR) is 119 cm³/mol.